The molecule has 7 heteroatoms. The Kier molecular flexibility index (Phi) is 6.20. The molecule has 30 heavy (non-hydrogen) atoms. The molecule has 0 fully saturated rings. The van der Waals surface area contributed by atoms with Crippen LogP contribution in [0.5, 0.6) is 0 Å². The van der Waals surface area contributed by atoms with Crippen molar-refractivity contribution in [2.75, 3.05) is 11.1 Å². The third-order valence-corrected chi connectivity index (χ3v) is 7.07. The van der Waals surface area contributed by atoms with Crippen LogP contribution in [0, 0.1) is 13.8 Å². The van der Waals surface area contributed by atoms with Crippen molar-refractivity contribution < 1.29 is 4.79 Å². The van der Waals surface area contributed by atoms with Crippen LogP contribution in [0.25, 0.3) is 22.2 Å². The van der Waals surface area contributed by atoms with Crippen molar-refractivity contribution in [3.63, 3.8) is 0 Å². The maximum absolute atomic E-state index is 12.6. The van der Waals surface area contributed by atoms with E-state index in [9.17, 15) is 4.79 Å². The van der Waals surface area contributed by atoms with Gasteiger partial charge in [-0.1, -0.05) is 55.1 Å². The number of anilines is 1. The van der Waals surface area contributed by atoms with Crippen molar-refractivity contribution in [3.05, 3.63) is 58.3 Å². The summed E-state index contributed by atoms with van der Waals surface area (Å²) in [7, 11) is 0. The average Bonchev–Trinajstić information content (AvgIpc) is 3.30. The molecular weight excluding hydrogens is 412 g/mol. The van der Waals surface area contributed by atoms with E-state index in [-0.39, 0.29) is 11.7 Å². The molecule has 0 bridgehead atoms. The number of nitrogens with one attached hydrogen (secondary N) is 1. The summed E-state index contributed by atoms with van der Waals surface area (Å²) in [6, 6.07) is 14.0. The van der Waals surface area contributed by atoms with Crippen LogP contribution in [-0.4, -0.2) is 26.4 Å². The lowest BCUT2D eigenvalue weighted by atomic mass is 10.1. The number of thiophene rings is 1. The van der Waals surface area contributed by atoms with E-state index in [0.29, 0.717) is 0 Å². The molecule has 4 aromatic rings. The second-order valence-corrected chi connectivity index (χ2v) is 9.18. The Labute approximate surface area is 184 Å². The zero-order valence-electron chi connectivity index (χ0n) is 17.3. The summed E-state index contributed by atoms with van der Waals surface area (Å²) in [4.78, 5) is 13.9. The van der Waals surface area contributed by atoms with Crippen LogP contribution in [-0.2, 0) is 11.3 Å². The molecule has 0 spiro atoms. The van der Waals surface area contributed by atoms with E-state index in [1.54, 1.807) is 11.3 Å². The molecule has 0 aliphatic carbocycles. The van der Waals surface area contributed by atoms with E-state index < -0.39 is 0 Å². The molecule has 0 saturated carbocycles. The second kappa shape index (κ2) is 9.02. The number of hydrogen-bond donors (Lipinski definition) is 1. The summed E-state index contributed by atoms with van der Waals surface area (Å²) < 4.78 is 2.13. The maximum Gasteiger partial charge on any atom is 0.234 e. The fourth-order valence-electron chi connectivity index (χ4n) is 3.40. The first kappa shape index (κ1) is 20.6. The van der Waals surface area contributed by atoms with Gasteiger partial charge in [0.05, 0.1) is 5.75 Å². The first-order valence-electron chi connectivity index (χ1n) is 9.97. The molecule has 2 aromatic heterocycles. The van der Waals surface area contributed by atoms with Crippen molar-refractivity contribution in [1.29, 1.82) is 0 Å². The predicted molar refractivity (Wildman–Crippen MR) is 126 cm³/mol. The maximum atomic E-state index is 12.6. The second-order valence-electron chi connectivity index (χ2n) is 7.15. The Morgan fingerprint density at radius 1 is 1.13 bits per heavy atom. The fourth-order valence-corrected chi connectivity index (χ4v) is 5.03. The van der Waals surface area contributed by atoms with Crippen LogP contribution in [0.2, 0.25) is 0 Å². The minimum atomic E-state index is -0.0495. The van der Waals surface area contributed by atoms with Crippen molar-refractivity contribution in [3.8, 4) is 11.4 Å². The molecule has 2 heterocycles. The molecule has 2 aromatic carbocycles. The van der Waals surface area contributed by atoms with E-state index in [1.807, 2.05) is 42.5 Å². The van der Waals surface area contributed by atoms with Crippen LogP contribution < -0.4 is 5.32 Å². The molecule has 1 N–H and O–H groups in total. The molecule has 0 radical (unpaired) electrons. The van der Waals surface area contributed by atoms with Gasteiger partial charge in [-0.2, -0.15) is 0 Å². The Morgan fingerprint density at radius 3 is 2.70 bits per heavy atom. The van der Waals surface area contributed by atoms with E-state index in [1.165, 1.54) is 22.2 Å². The summed E-state index contributed by atoms with van der Waals surface area (Å²) in [6.07, 6.45) is 0.975. The Hall–Kier alpha value is -2.64. The quantitative estimate of drug-likeness (QED) is 0.366. The summed E-state index contributed by atoms with van der Waals surface area (Å²) in [6.45, 7) is 7.20. The third-order valence-electron chi connectivity index (χ3n) is 5.09. The molecular formula is C23H24N4OS2. The highest BCUT2D eigenvalue weighted by molar-refractivity contribution is 7.99. The lowest BCUT2D eigenvalue weighted by Gasteiger charge is -2.10. The summed E-state index contributed by atoms with van der Waals surface area (Å²) in [5, 5.41) is 17.0. The van der Waals surface area contributed by atoms with Crippen molar-refractivity contribution in [1.82, 2.24) is 14.8 Å². The molecule has 1 amide bonds. The number of thioether (sulfide) groups is 1. The molecule has 0 atom stereocenters. The number of carbonyl (C=O) groups is 1. The van der Waals surface area contributed by atoms with E-state index in [4.69, 9.17) is 0 Å². The van der Waals surface area contributed by atoms with Crippen LogP contribution in [0.4, 0.5) is 5.69 Å². The zero-order valence-corrected chi connectivity index (χ0v) is 18.9. The molecule has 5 nitrogen and oxygen atoms in total. The fraction of sp³-hybridized carbons (Fsp3) is 0.261. The van der Waals surface area contributed by atoms with Crippen molar-refractivity contribution in [2.24, 2.45) is 0 Å². The van der Waals surface area contributed by atoms with Gasteiger partial charge in [0.1, 0.15) is 0 Å². The topological polar surface area (TPSA) is 59.8 Å². The van der Waals surface area contributed by atoms with Crippen LogP contribution in [0.1, 0.15) is 23.8 Å². The number of rotatable bonds is 7. The van der Waals surface area contributed by atoms with Gasteiger partial charge in [-0.25, -0.2) is 0 Å². The number of benzene rings is 2. The van der Waals surface area contributed by atoms with Gasteiger partial charge in [0.15, 0.2) is 11.0 Å². The van der Waals surface area contributed by atoms with Gasteiger partial charge < -0.3 is 9.88 Å². The minimum Gasteiger partial charge on any atom is -0.325 e. The van der Waals surface area contributed by atoms with Crippen molar-refractivity contribution >= 4 is 45.5 Å². The highest BCUT2D eigenvalue weighted by Crippen LogP contribution is 2.32. The number of fused-ring (bicyclic) bond motifs is 1. The van der Waals surface area contributed by atoms with Crippen molar-refractivity contribution in [2.45, 2.75) is 38.9 Å². The summed E-state index contributed by atoms with van der Waals surface area (Å²) in [5.41, 5.74) is 3.21. The Morgan fingerprint density at radius 2 is 1.93 bits per heavy atom. The average molecular weight is 437 g/mol. The number of aromatic nitrogens is 3. The standard InChI is InChI=1S/C23H24N4OS2/c1-4-12-27-22(19-13-29-16(3)15(19)2)25-26-23(27)30-14-21(28)24-20-11-7-9-17-8-5-6-10-18(17)20/h5-11,13H,4,12,14H2,1-3H3,(H,24,28). The highest BCUT2D eigenvalue weighted by atomic mass is 32.2. The van der Waals surface area contributed by atoms with Gasteiger partial charge in [0.2, 0.25) is 5.91 Å². The zero-order chi connectivity index (χ0) is 21.1. The number of hydrogen-bond acceptors (Lipinski definition) is 5. The predicted octanol–water partition coefficient (Wildman–Crippen LogP) is 5.92. The summed E-state index contributed by atoms with van der Waals surface area (Å²) in [5.74, 6) is 1.12. The van der Waals surface area contributed by atoms with Crippen LogP contribution in [0.3, 0.4) is 0 Å². The number of nitrogens with zero attached hydrogens (tertiary/aromatic N) is 3. The van der Waals surface area contributed by atoms with Crippen LogP contribution >= 0.6 is 23.1 Å². The first-order chi connectivity index (χ1) is 14.6. The SMILES string of the molecule is CCCn1c(SCC(=O)Nc2cccc3ccccc23)nnc1-c1csc(C)c1C. The van der Waals surface area contributed by atoms with Gasteiger partial charge in [0, 0.05) is 33.4 Å². The molecule has 0 aliphatic heterocycles. The van der Waals surface area contributed by atoms with Gasteiger partial charge in [-0.05, 0) is 37.3 Å². The summed E-state index contributed by atoms with van der Waals surface area (Å²) >= 11 is 3.16. The van der Waals surface area contributed by atoms with Gasteiger partial charge in [-0.15, -0.1) is 21.5 Å². The lowest BCUT2D eigenvalue weighted by molar-refractivity contribution is -0.113. The monoisotopic (exact) mass is 436 g/mol. The molecule has 154 valence electrons. The van der Waals surface area contributed by atoms with E-state index in [0.717, 1.165) is 46.0 Å². The first-order valence-corrected chi connectivity index (χ1v) is 11.8. The third kappa shape index (κ3) is 4.13. The number of carbonyl (C=O) groups excluding carboxylic acids is 1. The molecule has 0 aliphatic rings. The van der Waals surface area contributed by atoms with Gasteiger partial charge in [0.25, 0.3) is 0 Å². The lowest BCUT2D eigenvalue weighted by Crippen LogP contribution is -2.15. The van der Waals surface area contributed by atoms with E-state index >= 15 is 0 Å². The smallest absolute Gasteiger partial charge is 0.234 e. The molecule has 0 unspecified atom stereocenters. The van der Waals surface area contributed by atoms with Gasteiger partial charge in [-0.3, -0.25) is 4.79 Å². The highest BCUT2D eigenvalue weighted by Gasteiger charge is 2.18. The molecule has 0 saturated heterocycles. The van der Waals surface area contributed by atoms with E-state index in [2.05, 4.69) is 46.2 Å². The largest absolute Gasteiger partial charge is 0.325 e. The van der Waals surface area contributed by atoms with Gasteiger partial charge >= 0.3 is 0 Å². The Bertz CT molecular complexity index is 1190. The molecule has 4 rings (SSSR count). The Balaban J connectivity index is 1.50. The minimum absolute atomic E-state index is 0.0495. The normalized spacial score (nSPS) is 11.2. The van der Waals surface area contributed by atoms with Crippen LogP contribution in [0.15, 0.2) is 53.0 Å². The number of aryl methyl sites for hydroxylation is 1. The number of amides is 1.